The van der Waals surface area contributed by atoms with Crippen LogP contribution in [-0.4, -0.2) is 37.2 Å². The van der Waals surface area contributed by atoms with Crippen molar-refractivity contribution < 1.29 is 28.6 Å². The number of carbonyl (C=O) groups is 3. The number of esters is 3. The largest absolute Gasteiger partial charge is 0.462 e. The van der Waals surface area contributed by atoms with Gasteiger partial charge in [-0.25, -0.2) is 0 Å². The third kappa shape index (κ3) is 54.7. The van der Waals surface area contributed by atoms with Crippen LogP contribution >= 0.6 is 0 Å². The first kappa shape index (κ1) is 65.8. The molecule has 70 heavy (non-hydrogen) atoms. The average molecular weight is 970 g/mol. The highest BCUT2D eigenvalue weighted by Crippen LogP contribution is 2.14. The molecule has 0 fully saturated rings. The summed E-state index contributed by atoms with van der Waals surface area (Å²) in [6.07, 6.45) is 79.2. The molecular formula is C64H104O6. The Hall–Kier alpha value is -4.19. The fraction of sp³-hybridized carbons (Fsp3) is 0.641. The smallest absolute Gasteiger partial charge is 0.306 e. The lowest BCUT2D eigenvalue weighted by Gasteiger charge is -2.18. The van der Waals surface area contributed by atoms with E-state index in [4.69, 9.17) is 14.2 Å². The predicted molar refractivity (Wildman–Crippen MR) is 302 cm³/mol. The lowest BCUT2D eigenvalue weighted by molar-refractivity contribution is -0.166. The number of carbonyl (C=O) groups excluding carboxylic acids is 3. The number of ether oxygens (including phenoxy) is 3. The molecule has 0 radical (unpaired) electrons. The Labute approximate surface area is 431 Å². The Balaban J connectivity index is 4.53. The lowest BCUT2D eigenvalue weighted by atomic mass is 10.1. The molecule has 1 unspecified atom stereocenters. The number of allylic oxidation sites excluding steroid dienone is 20. The Morgan fingerprint density at radius 1 is 0.300 bits per heavy atom. The lowest BCUT2D eigenvalue weighted by Crippen LogP contribution is -2.30. The molecule has 0 amide bonds. The van der Waals surface area contributed by atoms with Crippen LogP contribution in [0.4, 0.5) is 0 Å². The highest BCUT2D eigenvalue weighted by molar-refractivity contribution is 5.71. The van der Waals surface area contributed by atoms with Crippen molar-refractivity contribution in [3.05, 3.63) is 122 Å². The van der Waals surface area contributed by atoms with Crippen molar-refractivity contribution in [2.24, 2.45) is 0 Å². The van der Waals surface area contributed by atoms with Crippen molar-refractivity contribution in [1.29, 1.82) is 0 Å². The van der Waals surface area contributed by atoms with Crippen LogP contribution in [0.2, 0.25) is 0 Å². The highest BCUT2D eigenvalue weighted by Gasteiger charge is 2.19. The maximum atomic E-state index is 12.9. The molecule has 1 atom stereocenters. The highest BCUT2D eigenvalue weighted by atomic mass is 16.6. The summed E-state index contributed by atoms with van der Waals surface area (Å²) in [5.41, 5.74) is 0. The first-order chi connectivity index (χ1) is 34.5. The maximum Gasteiger partial charge on any atom is 0.306 e. The molecule has 0 rings (SSSR count). The van der Waals surface area contributed by atoms with Crippen molar-refractivity contribution in [1.82, 2.24) is 0 Å². The van der Waals surface area contributed by atoms with Gasteiger partial charge in [0.2, 0.25) is 0 Å². The van der Waals surface area contributed by atoms with Crippen LogP contribution < -0.4 is 0 Å². The van der Waals surface area contributed by atoms with Crippen molar-refractivity contribution in [3.8, 4) is 0 Å². The van der Waals surface area contributed by atoms with Gasteiger partial charge in [0.1, 0.15) is 13.2 Å². The fourth-order valence-electron chi connectivity index (χ4n) is 7.48. The van der Waals surface area contributed by atoms with Crippen LogP contribution in [0, 0.1) is 0 Å². The first-order valence-electron chi connectivity index (χ1n) is 28.5. The average Bonchev–Trinajstić information content (AvgIpc) is 3.36. The van der Waals surface area contributed by atoms with E-state index in [1.807, 2.05) is 6.08 Å². The van der Waals surface area contributed by atoms with E-state index in [1.54, 1.807) is 0 Å². The first-order valence-corrected chi connectivity index (χ1v) is 28.5. The zero-order valence-electron chi connectivity index (χ0n) is 45.2. The SMILES string of the molecule is CC/C=C\C/C=C\C/C=C\C/C=C\C/C=C\C/C=C\CCC(=O)OCC(COC(=O)CCCCCC/C=C\C/C=C\C/C=C\CC)OC(=O)CCCCCCCCC/C=C\CCCCCCCCCC. The minimum absolute atomic E-state index is 0.118. The zero-order valence-corrected chi connectivity index (χ0v) is 45.2. The van der Waals surface area contributed by atoms with Crippen LogP contribution in [0.5, 0.6) is 0 Å². The van der Waals surface area contributed by atoms with Gasteiger partial charge in [-0.1, -0.05) is 232 Å². The van der Waals surface area contributed by atoms with E-state index in [-0.39, 0.29) is 37.5 Å². The molecule has 0 saturated heterocycles. The fourth-order valence-corrected chi connectivity index (χ4v) is 7.48. The van der Waals surface area contributed by atoms with Gasteiger partial charge in [-0.15, -0.1) is 0 Å². The summed E-state index contributed by atoms with van der Waals surface area (Å²) in [6.45, 7) is 6.32. The Bertz CT molecular complexity index is 1490. The van der Waals surface area contributed by atoms with E-state index in [2.05, 4.69) is 136 Å². The molecule has 0 bridgehead atoms. The summed E-state index contributed by atoms with van der Waals surface area (Å²) < 4.78 is 16.8. The van der Waals surface area contributed by atoms with Crippen molar-refractivity contribution in [2.45, 2.75) is 252 Å². The van der Waals surface area contributed by atoms with Crippen LogP contribution in [-0.2, 0) is 28.6 Å². The van der Waals surface area contributed by atoms with Crippen molar-refractivity contribution >= 4 is 17.9 Å². The van der Waals surface area contributed by atoms with E-state index < -0.39 is 6.10 Å². The molecule has 0 saturated carbocycles. The van der Waals surface area contributed by atoms with Crippen LogP contribution in [0.1, 0.15) is 245 Å². The predicted octanol–water partition coefficient (Wildman–Crippen LogP) is 19.3. The molecule has 0 heterocycles. The molecule has 396 valence electrons. The van der Waals surface area contributed by atoms with Gasteiger partial charge in [0.25, 0.3) is 0 Å². The standard InChI is InChI=1S/C64H104O6/c1-4-7-10-13-16-19-22-25-28-30-32-34-36-39-42-45-48-51-54-57-63(66)69-60-61(59-68-62(65)56-53-50-47-44-41-38-27-24-21-18-15-12-9-6-3)70-64(67)58-55-52-49-46-43-40-37-35-33-31-29-26-23-20-17-14-11-8-5-2/h7,9-10,12,16,18-19,21,25,27-28,31-34,38-39,42,48,51,61H,4-6,8,11,13-15,17,20,22-24,26,29-30,35-37,40-41,43-47,49-50,52-60H2,1-3H3/b10-7-,12-9-,19-16-,21-18-,28-25-,33-31-,34-32-,38-27-,42-39-,51-48-. The van der Waals surface area contributed by atoms with Gasteiger partial charge in [0.05, 0.1) is 0 Å². The molecule has 6 heteroatoms. The van der Waals surface area contributed by atoms with E-state index in [1.165, 1.54) is 89.9 Å². The molecule has 0 spiro atoms. The second kappa shape index (κ2) is 57.4. The number of hydrogen-bond donors (Lipinski definition) is 0. The quantitative estimate of drug-likeness (QED) is 0.0262. The van der Waals surface area contributed by atoms with Gasteiger partial charge >= 0.3 is 17.9 Å². The minimum Gasteiger partial charge on any atom is -0.462 e. The van der Waals surface area contributed by atoms with E-state index in [0.717, 1.165) is 109 Å². The van der Waals surface area contributed by atoms with Crippen LogP contribution in [0.15, 0.2) is 122 Å². The van der Waals surface area contributed by atoms with E-state index >= 15 is 0 Å². The van der Waals surface area contributed by atoms with Crippen molar-refractivity contribution in [2.75, 3.05) is 13.2 Å². The molecule has 0 N–H and O–H groups in total. The summed E-state index contributed by atoms with van der Waals surface area (Å²) in [5.74, 6) is -1.03. The molecule has 0 aliphatic rings. The van der Waals surface area contributed by atoms with Gasteiger partial charge in [-0.2, -0.15) is 0 Å². The van der Waals surface area contributed by atoms with Crippen LogP contribution in [0.25, 0.3) is 0 Å². The topological polar surface area (TPSA) is 78.9 Å². The van der Waals surface area contributed by atoms with Gasteiger partial charge in [-0.3, -0.25) is 14.4 Å². The summed E-state index contributed by atoms with van der Waals surface area (Å²) in [4.78, 5) is 38.1. The van der Waals surface area contributed by atoms with Crippen molar-refractivity contribution in [3.63, 3.8) is 0 Å². The second-order valence-electron chi connectivity index (χ2n) is 18.4. The Kier molecular flexibility index (Phi) is 54.0. The molecule has 0 aliphatic heterocycles. The molecule has 0 aromatic rings. The number of unbranched alkanes of at least 4 members (excludes halogenated alkanes) is 19. The Morgan fingerprint density at radius 3 is 0.971 bits per heavy atom. The third-order valence-electron chi connectivity index (χ3n) is 11.7. The number of rotatable bonds is 50. The molecule has 6 nitrogen and oxygen atoms in total. The van der Waals surface area contributed by atoms with Gasteiger partial charge in [0, 0.05) is 19.3 Å². The summed E-state index contributed by atoms with van der Waals surface area (Å²) in [5, 5.41) is 0. The zero-order chi connectivity index (χ0) is 50.7. The Morgan fingerprint density at radius 2 is 0.586 bits per heavy atom. The molecule has 0 aromatic heterocycles. The molecular weight excluding hydrogens is 865 g/mol. The van der Waals surface area contributed by atoms with Crippen LogP contribution in [0.3, 0.4) is 0 Å². The summed E-state index contributed by atoms with van der Waals surface area (Å²) >= 11 is 0. The normalized spacial score (nSPS) is 13.0. The summed E-state index contributed by atoms with van der Waals surface area (Å²) in [7, 11) is 0. The molecule has 0 aromatic carbocycles. The second-order valence-corrected chi connectivity index (χ2v) is 18.4. The summed E-state index contributed by atoms with van der Waals surface area (Å²) in [6, 6.07) is 0. The van der Waals surface area contributed by atoms with E-state index in [9.17, 15) is 14.4 Å². The third-order valence-corrected chi connectivity index (χ3v) is 11.7. The van der Waals surface area contributed by atoms with Gasteiger partial charge in [0.15, 0.2) is 6.10 Å². The number of hydrogen-bond acceptors (Lipinski definition) is 6. The molecule has 0 aliphatic carbocycles. The monoisotopic (exact) mass is 969 g/mol. The maximum absolute atomic E-state index is 12.9. The minimum atomic E-state index is -0.824. The van der Waals surface area contributed by atoms with E-state index in [0.29, 0.717) is 19.3 Å². The van der Waals surface area contributed by atoms with Gasteiger partial charge < -0.3 is 14.2 Å². The van der Waals surface area contributed by atoms with Gasteiger partial charge in [-0.05, 0) is 116 Å².